The molecule has 2 aromatic rings. The van der Waals surface area contributed by atoms with Crippen molar-refractivity contribution in [2.75, 3.05) is 0 Å². The number of halogens is 4. The van der Waals surface area contributed by atoms with Gasteiger partial charge in [0.25, 0.3) is 0 Å². The molecule has 1 aromatic heterocycles. The first kappa shape index (κ1) is 20.2. The van der Waals surface area contributed by atoms with Crippen molar-refractivity contribution in [1.29, 1.82) is 0 Å². The first-order valence-corrected chi connectivity index (χ1v) is 7.53. The number of hydrogen-bond acceptors (Lipinski definition) is 6. The van der Waals surface area contributed by atoms with E-state index in [1.807, 2.05) is 0 Å². The number of carbonyl (C=O) groups excluding carboxylic acids is 1. The van der Waals surface area contributed by atoms with Crippen LogP contribution in [-0.4, -0.2) is 26.5 Å². The maximum absolute atomic E-state index is 13.3. The van der Waals surface area contributed by atoms with Crippen LogP contribution >= 0.6 is 11.6 Å². The van der Waals surface area contributed by atoms with Crippen molar-refractivity contribution >= 4 is 23.8 Å². The third-order valence-electron chi connectivity index (χ3n) is 3.44. The second kappa shape index (κ2) is 7.66. The van der Waals surface area contributed by atoms with Gasteiger partial charge in [-0.3, -0.25) is 14.2 Å². The smallest absolute Gasteiger partial charge is 0.434 e. The minimum Gasteiger partial charge on any atom is -0.434 e. The van der Waals surface area contributed by atoms with Crippen molar-refractivity contribution in [3.63, 3.8) is 0 Å². The summed E-state index contributed by atoms with van der Waals surface area (Å²) in [5.41, 5.74) is -6.73. The third kappa shape index (κ3) is 3.87. The van der Waals surface area contributed by atoms with E-state index in [0.717, 1.165) is 7.05 Å². The Morgan fingerprint density at radius 1 is 1.30 bits per heavy atom. The number of ether oxygens (including phenoxy) is 1. The molecule has 0 saturated carbocycles. The highest BCUT2D eigenvalue weighted by atomic mass is 35.5. The number of aromatic nitrogens is 2. The molecule has 0 radical (unpaired) electrons. The number of oxime groups is 1. The first-order chi connectivity index (χ1) is 12.6. The molecule has 2 rings (SSSR count). The van der Waals surface area contributed by atoms with Gasteiger partial charge in [-0.05, 0) is 0 Å². The lowest BCUT2D eigenvalue weighted by Crippen LogP contribution is -2.45. The Labute approximate surface area is 153 Å². The molecule has 1 unspecified atom stereocenters. The molecular weight excluding hydrogens is 395 g/mol. The molecule has 12 heteroatoms. The molecule has 144 valence electrons. The van der Waals surface area contributed by atoms with Gasteiger partial charge < -0.3 is 9.94 Å². The second-order valence-corrected chi connectivity index (χ2v) is 5.51. The Bertz CT molecular complexity index is 999. The molecule has 0 aliphatic heterocycles. The van der Waals surface area contributed by atoms with Gasteiger partial charge in [-0.15, -0.1) is 0 Å². The highest BCUT2D eigenvalue weighted by Gasteiger charge is 2.41. The Kier molecular flexibility index (Phi) is 5.74. The SMILES string of the molecule is Cn1c(C(F)(F)F)c(OC=NO)c(=O)n(C(Cl)C(=O)c2ccccc2)c1=O. The van der Waals surface area contributed by atoms with Crippen molar-refractivity contribution in [2.45, 2.75) is 11.7 Å². The molecule has 0 saturated heterocycles. The Hall–Kier alpha value is -3.08. The molecule has 0 spiro atoms. The Morgan fingerprint density at radius 2 is 1.89 bits per heavy atom. The van der Waals surface area contributed by atoms with Gasteiger partial charge in [-0.2, -0.15) is 13.2 Å². The zero-order valence-electron chi connectivity index (χ0n) is 13.5. The normalized spacial score (nSPS) is 12.9. The van der Waals surface area contributed by atoms with Crippen LogP contribution < -0.4 is 16.0 Å². The molecule has 27 heavy (non-hydrogen) atoms. The second-order valence-electron chi connectivity index (χ2n) is 5.10. The summed E-state index contributed by atoms with van der Waals surface area (Å²) in [6.07, 6.45) is -5.00. The molecular formula is C15H11ClF3N3O5. The monoisotopic (exact) mass is 405 g/mol. The van der Waals surface area contributed by atoms with Gasteiger partial charge in [0.15, 0.2) is 11.2 Å². The molecule has 0 amide bonds. The summed E-state index contributed by atoms with van der Waals surface area (Å²) in [5, 5.41) is 10.7. The lowest BCUT2D eigenvalue weighted by molar-refractivity contribution is -0.145. The van der Waals surface area contributed by atoms with Gasteiger partial charge in [0, 0.05) is 12.6 Å². The van der Waals surface area contributed by atoms with E-state index in [1.165, 1.54) is 24.3 Å². The zero-order valence-corrected chi connectivity index (χ0v) is 14.2. The molecule has 8 nitrogen and oxygen atoms in total. The van der Waals surface area contributed by atoms with Gasteiger partial charge in [-0.1, -0.05) is 47.1 Å². The summed E-state index contributed by atoms with van der Waals surface area (Å²) in [7, 11) is 0.723. The molecule has 1 heterocycles. The third-order valence-corrected chi connectivity index (χ3v) is 3.84. The molecule has 1 aromatic carbocycles. The highest BCUT2D eigenvalue weighted by molar-refractivity contribution is 6.31. The standard InChI is InChI=1S/C15H11ClF3N3O5/c1-21-11(15(17,18)19)10(27-7-20-26)13(24)22(14(21)25)12(16)9(23)8-5-3-2-4-6-8/h2-7,12,26H,1H3. The number of Topliss-reactive ketones (excluding diaryl/α,β-unsaturated/α-hetero) is 1. The van der Waals surface area contributed by atoms with Crippen molar-refractivity contribution in [3.8, 4) is 5.75 Å². The van der Waals surface area contributed by atoms with E-state index in [1.54, 1.807) is 6.07 Å². The van der Waals surface area contributed by atoms with Crippen LogP contribution in [0.3, 0.4) is 0 Å². The lowest BCUT2D eigenvalue weighted by Gasteiger charge is -2.19. The predicted molar refractivity (Wildman–Crippen MR) is 87.5 cm³/mol. The van der Waals surface area contributed by atoms with Crippen LogP contribution in [0.15, 0.2) is 45.1 Å². The van der Waals surface area contributed by atoms with Gasteiger partial charge >= 0.3 is 17.4 Å². The van der Waals surface area contributed by atoms with Crippen molar-refractivity contribution in [3.05, 3.63) is 62.4 Å². The van der Waals surface area contributed by atoms with Crippen LogP contribution in [0.25, 0.3) is 0 Å². The average molecular weight is 406 g/mol. The Balaban J connectivity index is 2.75. The average Bonchev–Trinajstić information content (AvgIpc) is 2.62. The summed E-state index contributed by atoms with van der Waals surface area (Å²) >= 11 is 5.93. The lowest BCUT2D eigenvalue weighted by atomic mass is 10.1. The largest absolute Gasteiger partial charge is 0.435 e. The van der Waals surface area contributed by atoms with Crippen molar-refractivity contribution in [1.82, 2.24) is 9.13 Å². The van der Waals surface area contributed by atoms with Crippen molar-refractivity contribution in [2.24, 2.45) is 12.2 Å². The summed E-state index contributed by atoms with van der Waals surface area (Å²) in [6, 6.07) is 7.30. The zero-order chi connectivity index (χ0) is 20.4. The number of ketones is 1. The maximum Gasteiger partial charge on any atom is 0.435 e. The fourth-order valence-corrected chi connectivity index (χ4v) is 2.56. The first-order valence-electron chi connectivity index (χ1n) is 7.09. The van der Waals surface area contributed by atoms with E-state index in [9.17, 15) is 27.6 Å². The van der Waals surface area contributed by atoms with E-state index in [-0.39, 0.29) is 21.1 Å². The number of hydrogen-bond donors (Lipinski definition) is 1. The summed E-state index contributed by atoms with van der Waals surface area (Å²) in [6.45, 7) is 0. The Morgan fingerprint density at radius 3 is 2.41 bits per heavy atom. The van der Waals surface area contributed by atoms with Gasteiger partial charge in [0.1, 0.15) is 0 Å². The molecule has 1 atom stereocenters. The molecule has 0 aliphatic rings. The topological polar surface area (TPSA) is 103 Å². The summed E-state index contributed by atoms with van der Waals surface area (Å²) in [4.78, 5) is 37.1. The van der Waals surface area contributed by atoms with Crippen LogP contribution in [-0.2, 0) is 13.2 Å². The number of rotatable bonds is 5. The number of nitrogens with zero attached hydrogens (tertiary/aromatic N) is 3. The van der Waals surface area contributed by atoms with E-state index >= 15 is 0 Å². The molecule has 0 fully saturated rings. The fourth-order valence-electron chi connectivity index (χ4n) is 2.27. The number of benzene rings is 1. The summed E-state index contributed by atoms with van der Waals surface area (Å²) in [5.74, 6) is -2.27. The van der Waals surface area contributed by atoms with Gasteiger partial charge in [0.2, 0.25) is 17.9 Å². The van der Waals surface area contributed by atoms with E-state index in [0.29, 0.717) is 0 Å². The molecule has 0 aliphatic carbocycles. The number of alkyl halides is 4. The van der Waals surface area contributed by atoms with E-state index < -0.39 is 40.2 Å². The minimum atomic E-state index is -5.16. The van der Waals surface area contributed by atoms with E-state index in [2.05, 4.69) is 9.89 Å². The van der Waals surface area contributed by atoms with Gasteiger partial charge in [-0.25, -0.2) is 9.36 Å². The van der Waals surface area contributed by atoms with Crippen LogP contribution in [0.2, 0.25) is 0 Å². The van der Waals surface area contributed by atoms with Gasteiger partial charge in [0.05, 0.1) is 0 Å². The highest BCUT2D eigenvalue weighted by Crippen LogP contribution is 2.33. The maximum atomic E-state index is 13.3. The fraction of sp³-hybridized carbons (Fsp3) is 0.200. The molecule has 0 bridgehead atoms. The predicted octanol–water partition coefficient (Wildman–Crippen LogP) is 1.98. The minimum absolute atomic E-state index is 0.0331. The van der Waals surface area contributed by atoms with Crippen LogP contribution in [0, 0.1) is 0 Å². The van der Waals surface area contributed by atoms with Crippen LogP contribution in [0.1, 0.15) is 21.6 Å². The number of carbonyl (C=O) groups is 1. The quantitative estimate of drug-likeness (QED) is 0.205. The summed E-state index contributed by atoms with van der Waals surface area (Å²) < 4.78 is 44.4. The van der Waals surface area contributed by atoms with Crippen LogP contribution in [0.4, 0.5) is 13.2 Å². The van der Waals surface area contributed by atoms with Crippen molar-refractivity contribution < 1.29 is 27.9 Å². The van der Waals surface area contributed by atoms with Crippen LogP contribution in [0.5, 0.6) is 5.75 Å². The van der Waals surface area contributed by atoms with E-state index in [4.69, 9.17) is 16.8 Å². The molecule has 1 N–H and O–H groups in total.